The number of benzene rings is 1. The lowest BCUT2D eigenvalue weighted by Gasteiger charge is -2.29. The maximum atomic E-state index is 12.7. The van der Waals surface area contributed by atoms with E-state index in [0.717, 1.165) is 23.0 Å². The Hall–Kier alpha value is -1.75. The number of rotatable bonds is 2. The van der Waals surface area contributed by atoms with E-state index in [1.165, 1.54) is 5.56 Å². The lowest BCUT2D eigenvalue weighted by molar-refractivity contribution is 0.0723. The van der Waals surface area contributed by atoms with E-state index in [1.54, 1.807) is 12.1 Å². The Labute approximate surface area is 132 Å². The molecule has 0 bridgehead atoms. The molecule has 1 N–H and O–H groups in total. The van der Waals surface area contributed by atoms with Gasteiger partial charge < -0.3 is 14.6 Å². The van der Waals surface area contributed by atoms with Gasteiger partial charge in [0.15, 0.2) is 0 Å². The van der Waals surface area contributed by atoms with E-state index in [1.807, 2.05) is 34.7 Å². The molecule has 0 unspecified atom stereocenters. The molecule has 1 amide bonds. The molecule has 0 aliphatic carbocycles. The van der Waals surface area contributed by atoms with Crippen LogP contribution >= 0.6 is 15.9 Å². The number of carbonyl (C=O) groups is 1. The molecule has 0 atom stereocenters. The number of aromatic nitrogens is 1. The highest BCUT2D eigenvalue weighted by Gasteiger charge is 2.24. The van der Waals surface area contributed by atoms with Gasteiger partial charge in [-0.3, -0.25) is 4.79 Å². The lowest BCUT2D eigenvalue weighted by Crippen LogP contribution is -2.36. The smallest absolute Gasteiger partial charge is 0.270 e. The first kappa shape index (κ1) is 14.2. The molecule has 0 saturated carbocycles. The fourth-order valence-electron chi connectivity index (χ4n) is 2.79. The van der Waals surface area contributed by atoms with Gasteiger partial charge in [-0.2, -0.15) is 0 Å². The SMILES string of the molecule is CCn1cc(Br)cc1C(=O)N1CCc2ccc(O)cc2C1. The fraction of sp³-hybridized carbons (Fsp3) is 0.312. The minimum atomic E-state index is 0.0385. The third kappa shape index (κ3) is 2.70. The van der Waals surface area contributed by atoms with E-state index in [9.17, 15) is 9.90 Å². The molecule has 21 heavy (non-hydrogen) atoms. The lowest BCUT2D eigenvalue weighted by atomic mass is 9.99. The van der Waals surface area contributed by atoms with E-state index in [2.05, 4.69) is 15.9 Å². The van der Waals surface area contributed by atoms with Crippen LogP contribution in [0.1, 0.15) is 28.5 Å². The summed E-state index contributed by atoms with van der Waals surface area (Å²) in [6.07, 6.45) is 2.76. The van der Waals surface area contributed by atoms with Crippen molar-refractivity contribution in [2.75, 3.05) is 6.54 Å². The number of fused-ring (bicyclic) bond motifs is 1. The molecule has 5 heteroatoms. The standard InChI is InChI=1S/C16H17BrN2O2/c1-2-18-10-13(17)8-15(18)16(21)19-6-5-11-3-4-14(20)7-12(11)9-19/h3-4,7-8,10,20H,2,5-6,9H2,1H3. The summed E-state index contributed by atoms with van der Waals surface area (Å²) in [5, 5.41) is 9.60. The van der Waals surface area contributed by atoms with Gasteiger partial charge in [0, 0.05) is 30.3 Å². The molecule has 2 aromatic rings. The van der Waals surface area contributed by atoms with E-state index in [0.29, 0.717) is 18.8 Å². The molecule has 0 fully saturated rings. The Balaban J connectivity index is 1.86. The first-order chi connectivity index (χ1) is 10.1. The molecule has 4 nitrogen and oxygen atoms in total. The van der Waals surface area contributed by atoms with E-state index < -0.39 is 0 Å². The van der Waals surface area contributed by atoms with Gasteiger partial charge in [0.2, 0.25) is 0 Å². The van der Waals surface area contributed by atoms with Crippen molar-refractivity contribution in [2.45, 2.75) is 26.4 Å². The third-order valence-corrected chi connectivity index (χ3v) is 4.35. The molecular formula is C16H17BrN2O2. The summed E-state index contributed by atoms with van der Waals surface area (Å²) in [5.41, 5.74) is 2.94. The first-order valence-electron chi connectivity index (χ1n) is 7.04. The molecule has 2 heterocycles. The van der Waals surface area contributed by atoms with Crippen molar-refractivity contribution in [3.63, 3.8) is 0 Å². The van der Waals surface area contributed by atoms with Crippen molar-refractivity contribution < 1.29 is 9.90 Å². The Morgan fingerprint density at radius 1 is 1.33 bits per heavy atom. The van der Waals surface area contributed by atoms with Crippen LogP contribution in [0.4, 0.5) is 0 Å². The van der Waals surface area contributed by atoms with Gasteiger partial charge in [-0.15, -0.1) is 0 Å². The third-order valence-electron chi connectivity index (χ3n) is 3.91. The van der Waals surface area contributed by atoms with Crippen molar-refractivity contribution in [3.8, 4) is 5.75 Å². The topological polar surface area (TPSA) is 45.5 Å². The molecule has 0 saturated heterocycles. The number of phenolic OH excluding ortho intramolecular Hbond substituents is 1. The van der Waals surface area contributed by atoms with Crippen LogP contribution in [0.5, 0.6) is 5.75 Å². The summed E-state index contributed by atoms with van der Waals surface area (Å²) in [6, 6.07) is 7.26. The zero-order chi connectivity index (χ0) is 15.0. The molecule has 1 aromatic carbocycles. The van der Waals surface area contributed by atoms with E-state index in [-0.39, 0.29) is 11.7 Å². The molecule has 0 radical (unpaired) electrons. The van der Waals surface area contributed by atoms with Crippen LogP contribution in [0.15, 0.2) is 34.9 Å². The van der Waals surface area contributed by atoms with Crippen LogP contribution in [0.2, 0.25) is 0 Å². The number of halogens is 1. The van der Waals surface area contributed by atoms with Crippen LogP contribution in [-0.2, 0) is 19.5 Å². The highest BCUT2D eigenvalue weighted by Crippen LogP contribution is 2.25. The number of hydrogen-bond donors (Lipinski definition) is 1. The van der Waals surface area contributed by atoms with Crippen molar-refractivity contribution in [1.29, 1.82) is 0 Å². The highest BCUT2D eigenvalue weighted by molar-refractivity contribution is 9.10. The van der Waals surface area contributed by atoms with E-state index in [4.69, 9.17) is 0 Å². The number of carbonyl (C=O) groups excluding carboxylic acids is 1. The van der Waals surface area contributed by atoms with Crippen LogP contribution in [0.3, 0.4) is 0 Å². The Morgan fingerprint density at radius 3 is 2.90 bits per heavy atom. The normalized spacial score (nSPS) is 14.1. The van der Waals surface area contributed by atoms with Gasteiger partial charge in [-0.25, -0.2) is 0 Å². The van der Waals surface area contributed by atoms with Crippen LogP contribution in [-0.4, -0.2) is 27.0 Å². The average Bonchev–Trinajstić information content (AvgIpc) is 2.86. The average molecular weight is 349 g/mol. The zero-order valence-electron chi connectivity index (χ0n) is 11.8. The number of amides is 1. The summed E-state index contributed by atoms with van der Waals surface area (Å²) in [4.78, 5) is 14.6. The second kappa shape index (κ2) is 5.56. The monoisotopic (exact) mass is 348 g/mol. The first-order valence-corrected chi connectivity index (χ1v) is 7.83. The van der Waals surface area contributed by atoms with Gasteiger partial charge >= 0.3 is 0 Å². The summed E-state index contributed by atoms with van der Waals surface area (Å²) in [6.45, 7) is 4.04. The number of aryl methyl sites for hydroxylation is 1. The molecule has 0 spiro atoms. The number of hydrogen-bond acceptors (Lipinski definition) is 2. The van der Waals surface area contributed by atoms with Crippen molar-refractivity contribution in [1.82, 2.24) is 9.47 Å². The molecule has 110 valence electrons. The van der Waals surface area contributed by atoms with Crippen LogP contribution in [0, 0.1) is 0 Å². The van der Waals surface area contributed by atoms with Gasteiger partial charge in [0.05, 0.1) is 0 Å². The van der Waals surface area contributed by atoms with Gasteiger partial charge in [0.1, 0.15) is 11.4 Å². The number of aromatic hydroxyl groups is 1. The van der Waals surface area contributed by atoms with Crippen molar-refractivity contribution in [3.05, 3.63) is 51.8 Å². The fourth-order valence-corrected chi connectivity index (χ4v) is 3.26. The minimum Gasteiger partial charge on any atom is -0.508 e. The molecule has 3 rings (SSSR count). The quantitative estimate of drug-likeness (QED) is 0.905. The van der Waals surface area contributed by atoms with Crippen molar-refractivity contribution in [2.24, 2.45) is 0 Å². The maximum absolute atomic E-state index is 12.7. The van der Waals surface area contributed by atoms with Gasteiger partial charge in [0.25, 0.3) is 5.91 Å². The maximum Gasteiger partial charge on any atom is 0.270 e. The second-order valence-electron chi connectivity index (χ2n) is 5.26. The number of nitrogens with zero attached hydrogens (tertiary/aromatic N) is 2. The number of phenols is 1. The zero-order valence-corrected chi connectivity index (χ0v) is 13.4. The predicted octanol–water partition coefficient (Wildman–Crippen LogP) is 3.17. The highest BCUT2D eigenvalue weighted by atomic mass is 79.9. The summed E-state index contributed by atoms with van der Waals surface area (Å²) >= 11 is 3.43. The Morgan fingerprint density at radius 2 is 2.14 bits per heavy atom. The van der Waals surface area contributed by atoms with Crippen LogP contribution < -0.4 is 0 Å². The summed E-state index contributed by atoms with van der Waals surface area (Å²) in [5.74, 6) is 0.291. The van der Waals surface area contributed by atoms with Gasteiger partial charge in [-0.1, -0.05) is 6.07 Å². The predicted molar refractivity (Wildman–Crippen MR) is 84.4 cm³/mol. The molecular weight excluding hydrogens is 332 g/mol. The second-order valence-corrected chi connectivity index (χ2v) is 6.17. The summed E-state index contributed by atoms with van der Waals surface area (Å²) in [7, 11) is 0. The Bertz CT molecular complexity index is 694. The van der Waals surface area contributed by atoms with Gasteiger partial charge in [-0.05, 0) is 58.6 Å². The van der Waals surface area contributed by atoms with Crippen molar-refractivity contribution >= 4 is 21.8 Å². The molecule has 1 aliphatic rings. The largest absolute Gasteiger partial charge is 0.508 e. The van der Waals surface area contributed by atoms with Crippen LogP contribution in [0.25, 0.3) is 0 Å². The Kier molecular flexibility index (Phi) is 3.76. The minimum absolute atomic E-state index is 0.0385. The molecule has 1 aliphatic heterocycles. The summed E-state index contributed by atoms with van der Waals surface area (Å²) < 4.78 is 2.87. The molecule has 1 aromatic heterocycles. The van der Waals surface area contributed by atoms with E-state index >= 15 is 0 Å².